The number of nitrogen functional groups attached to an aromatic ring is 1. The molecule has 0 amide bonds. The SMILES string of the molecule is Nc1n[nH]c2cc(OCC3CCCC3)ccc12. The topological polar surface area (TPSA) is 63.9 Å². The van der Waals surface area contributed by atoms with Crippen molar-refractivity contribution in [2.24, 2.45) is 5.92 Å². The standard InChI is InChI=1S/C13H17N3O/c14-13-11-6-5-10(7-12(11)15-16-13)17-8-9-3-1-2-4-9/h5-7,9H,1-4,8H2,(H3,14,15,16). The van der Waals surface area contributed by atoms with Crippen LogP contribution >= 0.6 is 0 Å². The van der Waals surface area contributed by atoms with Crippen molar-refractivity contribution in [3.05, 3.63) is 18.2 Å². The van der Waals surface area contributed by atoms with E-state index in [-0.39, 0.29) is 0 Å². The first kappa shape index (κ1) is 10.4. The lowest BCUT2D eigenvalue weighted by molar-refractivity contribution is 0.252. The first-order valence-corrected chi connectivity index (χ1v) is 6.19. The van der Waals surface area contributed by atoms with Gasteiger partial charge in [-0.2, -0.15) is 5.10 Å². The van der Waals surface area contributed by atoms with Gasteiger partial charge in [-0.3, -0.25) is 5.10 Å². The molecule has 0 aliphatic heterocycles. The number of hydrogen-bond donors (Lipinski definition) is 2. The molecule has 0 bridgehead atoms. The van der Waals surface area contributed by atoms with Crippen LogP contribution in [-0.4, -0.2) is 16.8 Å². The summed E-state index contributed by atoms with van der Waals surface area (Å²) in [5, 5.41) is 7.83. The highest BCUT2D eigenvalue weighted by molar-refractivity contribution is 5.89. The van der Waals surface area contributed by atoms with Gasteiger partial charge in [0.05, 0.1) is 12.1 Å². The lowest BCUT2D eigenvalue weighted by Crippen LogP contribution is -2.07. The molecule has 0 unspecified atom stereocenters. The van der Waals surface area contributed by atoms with Crippen LogP contribution in [0.5, 0.6) is 5.75 Å². The van der Waals surface area contributed by atoms with E-state index in [2.05, 4.69) is 10.2 Å². The second-order valence-corrected chi connectivity index (χ2v) is 4.78. The predicted octanol–water partition coefficient (Wildman–Crippen LogP) is 2.71. The van der Waals surface area contributed by atoms with E-state index in [1.54, 1.807) is 0 Å². The number of nitrogens with one attached hydrogen (secondary N) is 1. The van der Waals surface area contributed by atoms with Crippen LogP contribution in [0.4, 0.5) is 5.82 Å². The number of fused-ring (bicyclic) bond motifs is 1. The lowest BCUT2D eigenvalue weighted by Gasteiger charge is -2.11. The molecule has 3 N–H and O–H groups in total. The number of anilines is 1. The van der Waals surface area contributed by atoms with Gasteiger partial charge in [0, 0.05) is 11.5 Å². The molecule has 1 aromatic heterocycles. The van der Waals surface area contributed by atoms with Gasteiger partial charge in [0.15, 0.2) is 5.82 Å². The average Bonchev–Trinajstić information content (AvgIpc) is 2.97. The van der Waals surface area contributed by atoms with Gasteiger partial charge in [-0.25, -0.2) is 0 Å². The Kier molecular flexibility index (Phi) is 2.63. The molecule has 4 heteroatoms. The summed E-state index contributed by atoms with van der Waals surface area (Å²) < 4.78 is 5.82. The monoisotopic (exact) mass is 231 g/mol. The number of nitrogens with zero attached hydrogens (tertiary/aromatic N) is 1. The highest BCUT2D eigenvalue weighted by Gasteiger charge is 2.15. The summed E-state index contributed by atoms with van der Waals surface area (Å²) in [4.78, 5) is 0. The van der Waals surface area contributed by atoms with E-state index >= 15 is 0 Å². The largest absolute Gasteiger partial charge is 0.493 e. The molecule has 2 aromatic rings. The van der Waals surface area contributed by atoms with Gasteiger partial charge < -0.3 is 10.5 Å². The minimum atomic E-state index is 0.544. The Balaban J connectivity index is 1.72. The summed E-state index contributed by atoms with van der Waals surface area (Å²) in [6.45, 7) is 0.828. The molecular weight excluding hydrogens is 214 g/mol. The highest BCUT2D eigenvalue weighted by Crippen LogP contribution is 2.27. The normalized spacial score (nSPS) is 16.7. The fraction of sp³-hybridized carbons (Fsp3) is 0.462. The molecule has 1 fully saturated rings. The predicted molar refractivity (Wildman–Crippen MR) is 68.0 cm³/mol. The molecule has 1 aromatic carbocycles. The number of H-pyrrole nitrogens is 1. The van der Waals surface area contributed by atoms with E-state index in [4.69, 9.17) is 10.5 Å². The number of nitrogens with two attached hydrogens (primary N) is 1. The van der Waals surface area contributed by atoms with Gasteiger partial charge in [0.25, 0.3) is 0 Å². The van der Waals surface area contributed by atoms with Crippen molar-refractivity contribution < 1.29 is 4.74 Å². The van der Waals surface area contributed by atoms with Crippen LogP contribution in [0.15, 0.2) is 18.2 Å². The maximum Gasteiger partial charge on any atom is 0.153 e. The smallest absolute Gasteiger partial charge is 0.153 e. The van der Waals surface area contributed by atoms with Gasteiger partial charge in [0.2, 0.25) is 0 Å². The number of hydrogen-bond acceptors (Lipinski definition) is 3. The summed E-state index contributed by atoms with van der Waals surface area (Å²) in [5.41, 5.74) is 6.65. The zero-order chi connectivity index (χ0) is 11.7. The Labute approximate surface area is 100 Å². The molecule has 4 nitrogen and oxygen atoms in total. The van der Waals surface area contributed by atoms with E-state index in [0.29, 0.717) is 5.82 Å². The molecule has 0 saturated heterocycles. The number of aromatic amines is 1. The minimum Gasteiger partial charge on any atom is -0.493 e. The van der Waals surface area contributed by atoms with Crippen LogP contribution in [-0.2, 0) is 0 Å². The fourth-order valence-electron chi connectivity index (χ4n) is 2.50. The molecule has 17 heavy (non-hydrogen) atoms. The van der Waals surface area contributed by atoms with E-state index in [1.807, 2.05) is 18.2 Å². The van der Waals surface area contributed by atoms with Gasteiger partial charge in [0.1, 0.15) is 5.75 Å². The minimum absolute atomic E-state index is 0.544. The number of benzene rings is 1. The Hall–Kier alpha value is -1.71. The molecule has 0 atom stereocenters. The zero-order valence-electron chi connectivity index (χ0n) is 9.78. The molecule has 1 aliphatic carbocycles. The van der Waals surface area contributed by atoms with Crippen LogP contribution in [0.3, 0.4) is 0 Å². The quantitative estimate of drug-likeness (QED) is 0.853. The second-order valence-electron chi connectivity index (χ2n) is 4.78. The third kappa shape index (κ3) is 2.07. The van der Waals surface area contributed by atoms with Crippen molar-refractivity contribution in [3.63, 3.8) is 0 Å². The molecule has 3 rings (SSSR count). The summed E-state index contributed by atoms with van der Waals surface area (Å²) in [6, 6.07) is 5.88. The van der Waals surface area contributed by atoms with Gasteiger partial charge in [-0.05, 0) is 30.9 Å². The summed E-state index contributed by atoms with van der Waals surface area (Å²) in [6.07, 6.45) is 5.31. The molecule has 0 radical (unpaired) electrons. The van der Waals surface area contributed by atoms with Crippen molar-refractivity contribution in [1.29, 1.82) is 0 Å². The van der Waals surface area contributed by atoms with E-state index < -0.39 is 0 Å². The molecule has 0 spiro atoms. The Morgan fingerprint density at radius 3 is 3.00 bits per heavy atom. The Bertz CT molecular complexity index is 514. The van der Waals surface area contributed by atoms with Crippen LogP contribution in [0, 0.1) is 5.92 Å². The van der Waals surface area contributed by atoms with E-state index in [1.165, 1.54) is 25.7 Å². The number of ether oxygens (including phenoxy) is 1. The average molecular weight is 231 g/mol. The molecular formula is C13H17N3O. The summed E-state index contributed by atoms with van der Waals surface area (Å²) in [7, 11) is 0. The molecule has 90 valence electrons. The second kappa shape index (κ2) is 4.28. The molecule has 1 saturated carbocycles. The van der Waals surface area contributed by atoms with Gasteiger partial charge in [-0.1, -0.05) is 12.8 Å². The first-order chi connectivity index (χ1) is 8.33. The van der Waals surface area contributed by atoms with Gasteiger partial charge >= 0.3 is 0 Å². The zero-order valence-corrected chi connectivity index (χ0v) is 9.78. The van der Waals surface area contributed by atoms with Crippen molar-refractivity contribution in [3.8, 4) is 5.75 Å². The van der Waals surface area contributed by atoms with Crippen LogP contribution in [0.1, 0.15) is 25.7 Å². The number of aromatic nitrogens is 2. The first-order valence-electron chi connectivity index (χ1n) is 6.19. The molecule has 1 aliphatic rings. The maximum absolute atomic E-state index is 5.82. The van der Waals surface area contributed by atoms with E-state index in [0.717, 1.165) is 29.2 Å². The van der Waals surface area contributed by atoms with Crippen molar-refractivity contribution >= 4 is 16.7 Å². The van der Waals surface area contributed by atoms with Crippen molar-refractivity contribution in [2.75, 3.05) is 12.3 Å². The Morgan fingerprint density at radius 1 is 1.35 bits per heavy atom. The van der Waals surface area contributed by atoms with Gasteiger partial charge in [-0.15, -0.1) is 0 Å². The Morgan fingerprint density at radius 2 is 2.18 bits per heavy atom. The van der Waals surface area contributed by atoms with Crippen molar-refractivity contribution in [2.45, 2.75) is 25.7 Å². The van der Waals surface area contributed by atoms with Crippen LogP contribution in [0.25, 0.3) is 10.9 Å². The fourth-order valence-corrected chi connectivity index (χ4v) is 2.50. The van der Waals surface area contributed by atoms with E-state index in [9.17, 15) is 0 Å². The summed E-state index contributed by atoms with van der Waals surface area (Å²) >= 11 is 0. The third-order valence-corrected chi connectivity index (χ3v) is 3.52. The van der Waals surface area contributed by atoms with Crippen LogP contribution in [0.2, 0.25) is 0 Å². The summed E-state index contributed by atoms with van der Waals surface area (Å²) in [5.74, 6) is 2.17. The third-order valence-electron chi connectivity index (χ3n) is 3.52. The molecule has 1 heterocycles. The van der Waals surface area contributed by atoms with Crippen LogP contribution < -0.4 is 10.5 Å². The number of rotatable bonds is 3. The van der Waals surface area contributed by atoms with Crippen molar-refractivity contribution in [1.82, 2.24) is 10.2 Å². The lowest BCUT2D eigenvalue weighted by atomic mass is 10.1. The maximum atomic E-state index is 5.82. The highest BCUT2D eigenvalue weighted by atomic mass is 16.5.